The van der Waals surface area contributed by atoms with Crippen molar-refractivity contribution < 1.29 is 19.0 Å². The second kappa shape index (κ2) is 11.7. The van der Waals surface area contributed by atoms with Crippen LogP contribution in [0.1, 0.15) is 24.1 Å². The minimum Gasteiger partial charge on any atom is -0.495 e. The molecule has 3 aromatic carbocycles. The molecule has 1 atom stereocenters. The number of fused-ring (bicyclic) bond motifs is 1. The molecular formula is C28H24Cl3N5O4. The lowest BCUT2D eigenvalue weighted by atomic mass is 9.95. The number of halogens is 3. The average Bonchev–Trinajstić information content (AvgIpc) is 3.41. The van der Waals surface area contributed by atoms with Crippen LogP contribution in [0.2, 0.25) is 15.1 Å². The maximum absolute atomic E-state index is 13.8. The third-order valence-electron chi connectivity index (χ3n) is 6.40. The van der Waals surface area contributed by atoms with E-state index in [1.54, 1.807) is 35.0 Å². The summed E-state index contributed by atoms with van der Waals surface area (Å²) in [7, 11) is 2.99. The predicted molar refractivity (Wildman–Crippen MR) is 155 cm³/mol. The van der Waals surface area contributed by atoms with Crippen molar-refractivity contribution in [1.29, 1.82) is 0 Å². The summed E-state index contributed by atoms with van der Waals surface area (Å²) in [5.74, 6) is 1.54. The molecule has 0 unspecified atom stereocenters. The van der Waals surface area contributed by atoms with Crippen molar-refractivity contribution in [2.75, 3.05) is 24.9 Å². The number of hydrogen-bond donors (Lipinski definition) is 2. The summed E-state index contributed by atoms with van der Waals surface area (Å²) in [5, 5.41) is 11.9. The molecule has 2 heterocycles. The molecule has 2 N–H and O–H groups in total. The molecule has 1 aliphatic heterocycles. The van der Waals surface area contributed by atoms with Crippen molar-refractivity contribution in [2.45, 2.75) is 19.6 Å². The Kier molecular flexibility index (Phi) is 8.07. The fraction of sp³-hybridized carbons (Fsp3) is 0.179. The van der Waals surface area contributed by atoms with Gasteiger partial charge in [-0.05, 0) is 36.8 Å². The number of aromatic nitrogens is 3. The summed E-state index contributed by atoms with van der Waals surface area (Å²) in [5.41, 5.74) is 2.95. The molecule has 0 aliphatic carbocycles. The van der Waals surface area contributed by atoms with Crippen LogP contribution < -0.4 is 24.8 Å². The molecule has 4 aromatic rings. The lowest BCUT2D eigenvalue weighted by Crippen LogP contribution is -2.31. The van der Waals surface area contributed by atoms with E-state index in [1.165, 1.54) is 20.5 Å². The van der Waals surface area contributed by atoms with Gasteiger partial charge in [0.1, 0.15) is 36.2 Å². The number of methoxy groups -OCH3 is 2. The third-order valence-corrected chi connectivity index (χ3v) is 7.41. The molecule has 40 heavy (non-hydrogen) atoms. The molecule has 5 rings (SSSR count). The first-order valence-corrected chi connectivity index (χ1v) is 13.2. The highest BCUT2D eigenvalue weighted by Gasteiger charge is 2.34. The van der Waals surface area contributed by atoms with Crippen molar-refractivity contribution in [3.05, 3.63) is 98.4 Å². The summed E-state index contributed by atoms with van der Waals surface area (Å²) in [6.07, 6.45) is 1.43. The van der Waals surface area contributed by atoms with Crippen LogP contribution >= 0.6 is 34.8 Å². The van der Waals surface area contributed by atoms with Gasteiger partial charge in [-0.2, -0.15) is 10.1 Å². The first kappa shape index (κ1) is 27.6. The van der Waals surface area contributed by atoms with Gasteiger partial charge in [-0.15, -0.1) is 0 Å². The molecular weight excluding hydrogens is 577 g/mol. The Morgan fingerprint density at radius 2 is 1.70 bits per heavy atom. The molecule has 0 radical (unpaired) electrons. The van der Waals surface area contributed by atoms with E-state index >= 15 is 0 Å². The van der Waals surface area contributed by atoms with Gasteiger partial charge in [-0.3, -0.25) is 4.79 Å². The van der Waals surface area contributed by atoms with E-state index in [0.717, 1.165) is 5.56 Å². The molecule has 12 heteroatoms. The van der Waals surface area contributed by atoms with Gasteiger partial charge >= 0.3 is 0 Å². The Morgan fingerprint density at radius 1 is 1.00 bits per heavy atom. The zero-order chi connectivity index (χ0) is 28.4. The SMILES string of the molecule is COc1cc(NC(=O)C2=C(C)Nc3ncnn3[C@@H]2c2ccc(OCc3c(Cl)cccc3Cl)cc2)c(OC)cc1Cl. The number of carbonyl (C=O) groups excluding carboxylic acids is 1. The lowest BCUT2D eigenvalue weighted by Gasteiger charge is -2.29. The number of anilines is 2. The normalized spacial score (nSPS) is 14.3. The van der Waals surface area contributed by atoms with Crippen molar-refractivity contribution in [1.82, 2.24) is 14.8 Å². The van der Waals surface area contributed by atoms with Crippen LogP contribution in [-0.4, -0.2) is 34.9 Å². The quantitative estimate of drug-likeness (QED) is 0.230. The zero-order valence-corrected chi connectivity index (χ0v) is 23.9. The van der Waals surface area contributed by atoms with E-state index in [1.807, 2.05) is 31.2 Å². The van der Waals surface area contributed by atoms with Gasteiger partial charge in [0.15, 0.2) is 0 Å². The number of ether oxygens (including phenoxy) is 3. The van der Waals surface area contributed by atoms with E-state index in [2.05, 4.69) is 20.7 Å². The first-order chi connectivity index (χ1) is 19.3. The van der Waals surface area contributed by atoms with Crippen molar-refractivity contribution in [3.63, 3.8) is 0 Å². The number of carbonyl (C=O) groups is 1. The predicted octanol–water partition coefficient (Wildman–Crippen LogP) is 6.76. The minimum absolute atomic E-state index is 0.206. The second-order valence-corrected chi connectivity index (χ2v) is 10.0. The van der Waals surface area contributed by atoms with Gasteiger partial charge in [-0.1, -0.05) is 53.0 Å². The summed E-state index contributed by atoms with van der Waals surface area (Å²) in [6.45, 7) is 2.02. The molecule has 0 saturated heterocycles. The van der Waals surface area contributed by atoms with E-state index in [-0.39, 0.29) is 12.5 Å². The molecule has 1 aliphatic rings. The molecule has 1 amide bonds. The number of allylic oxidation sites excluding steroid dienone is 1. The highest BCUT2D eigenvalue weighted by molar-refractivity contribution is 6.36. The maximum Gasteiger partial charge on any atom is 0.255 e. The van der Waals surface area contributed by atoms with Crippen LogP contribution in [0.15, 0.2) is 72.2 Å². The number of benzene rings is 3. The van der Waals surface area contributed by atoms with Gasteiger partial charge in [0.05, 0.1) is 30.5 Å². The van der Waals surface area contributed by atoms with Gasteiger partial charge < -0.3 is 24.8 Å². The Balaban J connectivity index is 1.44. The van der Waals surface area contributed by atoms with Crippen LogP contribution in [-0.2, 0) is 11.4 Å². The van der Waals surface area contributed by atoms with Gasteiger partial charge in [0, 0.05) is 33.4 Å². The molecule has 206 valence electrons. The number of nitrogens with one attached hydrogen (secondary N) is 2. The Bertz CT molecular complexity index is 1580. The first-order valence-electron chi connectivity index (χ1n) is 12.1. The third kappa shape index (κ3) is 5.40. The van der Waals surface area contributed by atoms with Crippen LogP contribution in [0.4, 0.5) is 11.6 Å². The Morgan fingerprint density at radius 3 is 2.38 bits per heavy atom. The van der Waals surface area contributed by atoms with Crippen molar-refractivity contribution in [3.8, 4) is 17.2 Å². The lowest BCUT2D eigenvalue weighted by molar-refractivity contribution is -0.113. The number of amides is 1. The largest absolute Gasteiger partial charge is 0.495 e. The van der Waals surface area contributed by atoms with Gasteiger partial charge in [-0.25, -0.2) is 4.68 Å². The Labute approximate surface area is 245 Å². The topological polar surface area (TPSA) is 99.5 Å². The van der Waals surface area contributed by atoms with Crippen LogP contribution in [0.25, 0.3) is 0 Å². The highest BCUT2D eigenvalue weighted by atomic mass is 35.5. The summed E-state index contributed by atoms with van der Waals surface area (Å²) < 4.78 is 18.3. The van der Waals surface area contributed by atoms with Gasteiger partial charge in [0.25, 0.3) is 5.91 Å². The molecule has 1 aromatic heterocycles. The minimum atomic E-state index is -0.578. The molecule has 0 bridgehead atoms. The van der Waals surface area contributed by atoms with E-state index in [9.17, 15) is 4.79 Å². The highest BCUT2D eigenvalue weighted by Crippen LogP contribution is 2.39. The van der Waals surface area contributed by atoms with Crippen LogP contribution in [0.3, 0.4) is 0 Å². The second-order valence-electron chi connectivity index (χ2n) is 8.79. The van der Waals surface area contributed by atoms with Crippen LogP contribution in [0, 0.1) is 0 Å². The fourth-order valence-electron chi connectivity index (χ4n) is 4.41. The van der Waals surface area contributed by atoms with Gasteiger partial charge in [0.2, 0.25) is 5.95 Å². The number of rotatable bonds is 8. The van der Waals surface area contributed by atoms with Crippen molar-refractivity contribution in [2.24, 2.45) is 0 Å². The van der Waals surface area contributed by atoms with E-state index in [0.29, 0.717) is 60.8 Å². The Hall–Kier alpha value is -3.92. The monoisotopic (exact) mass is 599 g/mol. The smallest absolute Gasteiger partial charge is 0.255 e. The molecule has 0 fully saturated rings. The summed E-state index contributed by atoms with van der Waals surface area (Å²) in [6, 6.07) is 15.3. The van der Waals surface area contributed by atoms with Crippen molar-refractivity contribution >= 4 is 52.3 Å². The number of hydrogen-bond acceptors (Lipinski definition) is 7. The average molecular weight is 601 g/mol. The van der Waals surface area contributed by atoms with Crippen LogP contribution in [0.5, 0.6) is 17.2 Å². The fourth-order valence-corrected chi connectivity index (χ4v) is 5.15. The summed E-state index contributed by atoms with van der Waals surface area (Å²) >= 11 is 18.8. The maximum atomic E-state index is 13.8. The molecule has 0 spiro atoms. The molecule has 9 nitrogen and oxygen atoms in total. The van der Waals surface area contributed by atoms with E-state index in [4.69, 9.17) is 49.0 Å². The zero-order valence-electron chi connectivity index (χ0n) is 21.7. The number of nitrogens with zero attached hydrogens (tertiary/aromatic N) is 3. The summed E-state index contributed by atoms with van der Waals surface area (Å²) in [4.78, 5) is 18.1. The molecule has 0 saturated carbocycles. The van der Waals surface area contributed by atoms with E-state index < -0.39 is 6.04 Å². The standard InChI is InChI=1S/C28H24Cl3N5O4/c1-15-25(27(37)35-22-12-23(38-2)21(31)11-24(22)39-3)26(36-28(34-15)32-14-33-36)16-7-9-17(10-8-16)40-13-18-19(29)5-4-6-20(18)30/h4-12,14,26H,13H2,1-3H3,(H,35,37)(H,32,33,34)/t26-/m1/s1.